The fourth-order valence-electron chi connectivity index (χ4n) is 2.22. The van der Waals surface area contributed by atoms with Gasteiger partial charge in [-0.25, -0.2) is 0 Å². The van der Waals surface area contributed by atoms with E-state index in [2.05, 4.69) is 16.0 Å². The van der Waals surface area contributed by atoms with Crippen molar-refractivity contribution in [1.29, 1.82) is 0 Å². The van der Waals surface area contributed by atoms with Crippen LogP contribution in [0.25, 0.3) is 0 Å². The minimum Gasteiger partial charge on any atom is -0.186 e. The summed E-state index contributed by atoms with van der Waals surface area (Å²) in [4.78, 5) is 8.48. The largest absolute Gasteiger partial charge is 0.186 e. The quantitative estimate of drug-likeness (QED) is 0.575. The van der Waals surface area contributed by atoms with Crippen LogP contribution in [0.2, 0.25) is 10.0 Å². The summed E-state index contributed by atoms with van der Waals surface area (Å²) in [5.74, 6) is 0. The molecule has 0 heterocycles. The lowest BCUT2D eigenvalue weighted by molar-refractivity contribution is 1.33. The molecule has 2 rings (SSSR count). The zero-order chi connectivity index (χ0) is 15.6. The van der Waals surface area contributed by atoms with E-state index in [4.69, 9.17) is 23.2 Å². The Kier molecular flexibility index (Phi) is 4.84. The number of aliphatic imine (C=N–C) groups is 2. The van der Waals surface area contributed by atoms with E-state index in [1.807, 2.05) is 52.0 Å². The molecule has 4 heteroatoms. The van der Waals surface area contributed by atoms with Crippen LogP contribution in [0.15, 0.2) is 34.3 Å². The Morgan fingerprint density at radius 1 is 0.714 bits per heavy atom. The van der Waals surface area contributed by atoms with Crippen LogP contribution in [0, 0.1) is 27.7 Å². The molecule has 0 bridgehead atoms. The molecule has 2 aromatic rings. The third kappa shape index (κ3) is 3.74. The Morgan fingerprint density at radius 3 is 1.43 bits per heavy atom. The van der Waals surface area contributed by atoms with Gasteiger partial charge >= 0.3 is 0 Å². The van der Waals surface area contributed by atoms with E-state index in [1.54, 1.807) is 0 Å². The number of halogens is 2. The van der Waals surface area contributed by atoms with Crippen molar-refractivity contribution >= 4 is 40.6 Å². The normalized spacial score (nSPS) is 10.2. The van der Waals surface area contributed by atoms with Gasteiger partial charge in [0.2, 0.25) is 0 Å². The zero-order valence-electron chi connectivity index (χ0n) is 12.5. The van der Waals surface area contributed by atoms with Gasteiger partial charge in [0.1, 0.15) is 6.01 Å². The number of benzene rings is 2. The highest BCUT2D eigenvalue weighted by molar-refractivity contribution is 6.33. The molecule has 108 valence electrons. The average Bonchev–Trinajstić information content (AvgIpc) is 2.34. The molecule has 0 aliphatic heterocycles. The molecule has 2 aromatic carbocycles. The molecule has 0 atom stereocenters. The van der Waals surface area contributed by atoms with Gasteiger partial charge in [-0.1, -0.05) is 35.3 Å². The predicted molar refractivity (Wildman–Crippen MR) is 91.0 cm³/mol. The van der Waals surface area contributed by atoms with Crippen molar-refractivity contribution < 1.29 is 0 Å². The van der Waals surface area contributed by atoms with Crippen molar-refractivity contribution in [3.05, 3.63) is 56.6 Å². The predicted octanol–water partition coefficient (Wildman–Crippen LogP) is 6.36. The molecule has 0 unspecified atom stereocenters. The van der Waals surface area contributed by atoms with Gasteiger partial charge in [0, 0.05) is 0 Å². The lowest BCUT2D eigenvalue weighted by atomic mass is 10.1. The first kappa shape index (κ1) is 15.8. The summed E-state index contributed by atoms with van der Waals surface area (Å²) < 4.78 is 0. The van der Waals surface area contributed by atoms with E-state index in [-0.39, 0.29) is 0 Å². The fraction of sp³-hybridized carbons (Fsp3) is 0.235. The van der Waals surface area contributed by atoms with Crippen LogP contribution < -0.4 is 0 Å². The Bertz CT molecular complexity index is 650. The van der Waals surface area contributed by atoms with Gasteiger partial charge in [-0.2, -0.15) is 9.98 Å². The average molecular weight is 319 g/mol. The second-order valence-corrected chi connectivity index (χ2v) is 5.96. The van der Waals surface area contributed by atoms with Crippen molar-refractivity contribution in [3.63, 3.8) is 0 Å². The van der Waals surface area contributed by atoms with Crippen LogP contribution in [-0.4, -0.2) is 6.01 Å². The highest BCUT2D eigenvalue weighted by Gasteiger charge is 2.05. The van der Waals surface area contributed by atoms with Gasteiger partial charge in [0.05, 0.1) is 21.4 Å². The van der Waals surface area contributed by atoms with Crippen LogP contribution in [0.1, 0.15) is 22.3 Å². The second kappa shape index (κ2) is 6.44. The van der Waals surface area contributed by atoms with Gasteiger partial charge in [0.15, 0.2) is 0 Å². The standard InChI is InChI=1S/C17H16Cl2N2/c1-10-5-12(3)16(14(18)7-10)20-9-21-17-13(4)6-11(2)8-15(17)19/h5-8H,1-4H3. The topological polar surface area (TPSA) is 24.7 Å². The van der Waals surface area contributed by atoms with E-state index in [0.29, 0.717) is 21.4 Å². The highest BCUT2D eigenvalue weighted by atomic mass is 35.5. The number of nitrogens with zero attached hydrogens (tertiary/aromatic N) is 2. The van der Waals surface area contributed by atoms with E-state index >= 15 is 0 Å². The number of hydrogen-bond donors (Lipinski definition) is 0. The van der Waals surface area contributed by atoms with Crippen LogP contribution in [-0.2, 0) is 0 Å². The third-order valence-electron chi connectivity index (χ3n) is 3.12. The van der Waals surface area contributed by atoms with Crippen LogP contribution in [0.4, 0.5) is 11.4 Å². The second-order valence-electron chi connectivity index (χ2n) is 5.15. The Hall–Kier alpha value is -1.60. The van der Waals surface area contributed by atoms with Crippen molar-refractivity contribution in [2.45, 2.75) is 27.7 Å². The molecule has 0 N–H and O–H groups in total. The Balaban J connectivity index is 2.43. The smallest absolute Gasteiger partial charge is 0.101 e. The van der Waals surface area contributed by atoms with Gasteiger partial charge in [-0.15, -0.1) is 0 Å². The first-order valence-corrected chi connectivity index (χ1v) is 7.34. The lowest BCUT2D eigenvalue weighted by Crippen LogP contribution is -1.81. The van der Waals surface area contributed by atoms with E-state index in [0.717, 1.165) is 22.3 Å². The molecule has 0 aliphatic rings. The molecule has 0 fully saturated rings. The highest BCUT2D eigenvalue weighted by Crippen LogP contribution is 2.31. The maximum Gasteiger partial charge on any atom is 0.101 e. The monoisotopic (exact) mass is 318 g/mol. The summed E-state index contributed by atoms with van der Waals surface area (Å²) in [6.45, 7) is 7.92. The van der Waals surface area contributed by atoms with Gasteiger partial charge in [0.25, 0.3) is 0 Å². The molecular formula is C17H16Cl2N2. The van der Waals surface area contributed by atoms with Crippen LogP contribution in [0.5, 0.6) is 0 Å². The molecular weight excluding hydrogens is 303 g/mol. The minimum atomic E-state index is 0.599. The molecule has 2 nitrogen and oxygen atoms in total. The molecule has 0 spiro atoms. The Morgan fingerprint density at radius 2 is 1.10 bits per heavy atom. The lowest BCUT2D eigenvalue weighted by Gasteiger charge is -2.04. The summed E-state index contributed by atoms with van der Waals surface area (Å²) in [5.41, 5.74) is 5.57. The molecule has 0 saturated carbocycles. The van der Waals surface area contributed by atoms with Crippen molar-refractivity contribution in [3.8, 4) is 0 Å². The number of rotatable bonds is 2. The van der Waals surface area contributed by atoms with Crippen molar-refractivity contribution in [2.24, 2.45) is 9.98 Å². The van der Waals surface area contributed by atoms with Gasteiger partial charge in [-0.3, -0.25) is 0 Å². The minimum absolute atomic E-state index is 0.599. The third-order valence-corrected chi connectivity index (χ3v) is 3.70. The van der Waals surface area contributed by atoms with Gasteiger partial charge < -0.3 is 0 Å². The molecule has 0 saturated heterocycles. The number of aryl methyl sites for hydroxylation is 4. The van der Waals surface area contributed by atoms with Crippen LogP contribution in [0.3, 0.4) is 0 Å². The molecule has 0 radical (unpaired) electrons. The van der Waals surface area contributed by atoms with Crippen molar-refractivity contribution in [1.82, 2.24) is 0 Å². The first-order valence-electron chi connectivity index (χ1n) is 6.58. The Labute approximate surface area is 135 Å². The summed E-state index contributed by atoms with van der Waals surface area (Å²) in [5, 5.41) is 1.20. The SMILES string of the molecule is Cc1cc(C)c(N=C=Nc2c(C)cc(C)cc2Cl)c(Cl)c1. The molecule has 0 aromatic heterocycles. The molecule has 0 aliphatic carbocycles. The molecule has 21 heavy (non-hydrogen) atoms. The van der Waals surface area contributed by atoms with Crippen LogP contribution >= 0.6 is 23.2 Å². The number of hydrogen-bond acceptors (Lipinski definition) is 2. The zero-order valence-corrected chi connectivity index (χ0v) is 14.0. The summed E-state index contributed by atoms with van der Waals surface area (Å²) >= 11 is 12.4. The van der Waals surface area contributed by atoms with E-state index in [9.17, 15) is 0 Å². The fourth-order valence-corrected chi connectivity index (χ4v) is 2.95. The summed E-state index contributed by atoms with van der Waals surface area (Å²) in [6.07, 6.45) is 0. The maximum absolute atomic E-state index is 6.20. The molecule has 0 amide bonds. The van der Waals surface area contributed by atoms with Gasteiger partial charge in [-0.05, 0) is 62.1 Å². The van der Waals surface area contributed by atoms with E-state index < -0.39 is 0 Å². The summed E-state index contributed by atoms with van der Waals surface area (Å²) in [6, 6.07) is 10.5. The maximum atomic E-state index is 6.20. The van der Waals surface area contributed by atoms with E-state index in [1.165, 1.54) is 0 Å². The van der Waals surface area contributed by atoms with Crippen molar-refractivity contribution in [2.75, 3.05) is 0 Å². The summed E-state index contributed by atoms with van der Waals surface area (Å²) in [7, 11) is 0. The first-order chi connectivity index (χ1) is 9.88.